The Bertz CT molecular complexity index is 1070. The Morgan fingerprint density at radius 1 is 1.00 bits per heavy atom. The smallest absolute Gasteiger partial charge is 0.291 e. The molecule has 1 aliphatic rings. The lowest BCUT2D eigenvalue weighted by molar-refractivity contribution is 0.0951. The van der Waals surface area contributed by atoms with Crippen molar-refractivity contribution in [3.63, 3.8) is 0 Å². The molecule has 0 atom stereocenters. The zero-order valence-electron chi connectivity index (χ0n) is 15.9. The summed E-state index contributed by atoms with van der Waals surface area (Å²) in [6.07, 6.45) is 2.19. The van der Waals surface area contributed by atoms with E-state index in [-0.39, 0.29) is 18.2 Å². The van der Waals surface area contributed by atoms with Crippen LogP contribution in [-0.2, 0) is 6.54 Å². The first kappa shape index (κ1) is 19.8. The third-order valence-electron chi connectivity index (χ3n) is 4.48. The molecule has 0 radical (unpaired) electrons. The zero-order valence-corrected chi connectivity index (χ0v) is 16.7. The number of anilines is 1. The standard InChI is InChI=1S/C22H19ClN2O5/c23-16-11-14(12-19-20(16)30-10-4-9-29-19)13-24-21(26)15-5-1-2-6-17(15)25-22(27)18-7-3-8-28-18/h1-3,5-8,11-12H,4,9-10,13H2,(H,24,26)(H,25,27). The van der Waals surface area contributed by atoms with E-state index in [4.69, 9.17) is 25.5 Å². The molecule has 0 aliphatic carbocycles. The molecule has 0 unspecified atom stereocenters. The van der Waals surface area contributed by atoms with Crippen LogP contribution in [0, 0.1) is 0 Å². The van der Waals surface area contributed by atoms with Gasteiger partial charge in [-0.2, -0.15) is 0 Å². The van der Waals surface area contributed by atoms with Gasteiger partial charge >= 0.3 is 0 Å². The van der Waals surface area contributed by atoms with E-state index in [1.807, 2.05) is 0 Å². The van der Waals surface area contributed by atoms with Crippen LogP contribution in [-0.4, -0.2) is 25.0 Å². The predicted octanol–water partition coefficient (Wildman–Crippen LogP) is 4.28. The van der Waals surface area contributed by atoms with Crippen molar-refractivity contribution in [1.29, 1.82) is 0 Å². The molecule has 1 aliphatic heterocycles. The number of hydrogen-bond donors (Lipinski definition) is 2. The number of amides is 2. The average Bonchev–Trinajstić information content (AvgIpc) is 3.18. The van der Waals surface area contributed by atoms with Crippen LogP contribution in [0.3, 0.4) is 0 Å². The Labute approximate surface area is 177 Å². The first-order valence-corrected chi connectivity index (χ1v) is 9.80. The van der Waals surface area contributed by atoms with E-state index in [1.165, 1.54) is 6.26 Å². The van der Waals surface area contributed by atoms with Crippen molar-refractivity contribution in [3.8, 4) is 11.5 Å². The lowest BCUT2D eigenvalue weighted by Crippen LogP contribution is -2.24. The molecule has 0 saturated heterocycles. The van der Waals surface area contributed by atoms with E-state index in [0.717, 1.165) is 12.0 Å². The second kappa shape index (κ2) is 8.92. The van der Waals surface area contributed by atoms with Crippen LogP contribution in [0.15, 0.2) is 59.2 Å². The van der Waals surface area contributed by atoms with Crippen LogP contribution in [0.4, 0.5) is 5.69 Å². The molecule has 0 bridgehead atoms. The van der Waals surface area contributed by atoms with Crippen LogP contribution < -0.4 is 20.1 Å². The summed E-state index contributed by atoms with van der Waals surface area (Å²) >= 11 is 6.31. The lowest BCUT2D eigenvalue weighted by atomic mass is 10.1. The normalized spacial score (nSPS) is 12.7. The van der Waals surface area contributed by atoms with E-state index in [2.05, 4.69) is 10.6 Å². The summed E-state index contributed by atoms with van der Waals surface area (Å²) in [4.78, 5) is 25.0. The largest absolute Gasteiger partial charge is 0.489 e. The molecule has 2 heterocycles. The van der Waals surface area contributed by atoms with Crippen LogP contribution in [0.2, 0.25) is 5.02 Å². The molecule has 0 spiro atoms. The number of halogens is 1. The van der Waals surface area contributed by atoms with Gasteiger partial charge in [0.25, 0.3) is 11.8 Å². The second-order valence-corrected chi connectivity index (χ2v) is 7.02. The molecule has 2 aromatic carbocycles. The van der Waals surface area contributed by atoms with Gasteiger partial charge in [0.2, 0.25) is 0 Å². The fraction of sp³-hybridized carbons (Fsp3) is 0.182. The number of carbonyl (C=O) groups excluding carboxylic acids is 2. The van der Waals surface area contributed by atoms with Crippen LogP contribution >= 0.6 is 11.6 Å². The Hall–Kier alpha value is -3.45. The van der Waals surface area contributed by atoms with Gasteiger partial charge in [0.15, 0.2) is 17.3 Å². The third kappa shape index (κ3) is 4.41. The van der Waals surface area contributed by atoms with E-state index in [9.17, 15) is 9.59 Å². The van der Waals surface area contributed by atoms with Crippen molar-refractivity contribution in [3.05, 3.63) is 76.7 Å². The first-order chi connectivity index (χ1) is 14.6. The third-order valence-corrected chi connectivity index (χ3v) is 4.76. The summed E-state index contributed by atoms with van der Waals surface area (Å²) in [5.41, 5.74) is 1.49. The number of benzene rings is 2. The number of para-hydroxylation sites is 1. The van der Waals surface area contributed by atoms with Gasteiger partial charge in [-0.1, -0.05) is 23.7 Å². The van der Waals surface area contributed by atoms with E-state index < -0.39 is 5.91 Å². The molecule has 8 heteroatoms. The van der Waals surface area contributed by atoms with Crippen molar-refractivity contribution in [2.24, 2.45) is 0 Å². The topological polar surface area (TPSA) is 89.8 Å². The number of ether oxygens (including phenoxy) is 2. The van der Waals surface area contributed by atoms with Crippen molar-refractivity contribution in [2.75, 3.05) is 18.5 Å². The number of hydrogen-bond acceptors (Lipinski definition) is 5. The van der Waals surface area contributed by atoms with Crippen molar-refractivity contribution in [1.82, 2.24) is 5.32 Å². The van der Waals surface area contributed by atoms with Crippen LogP contribution in [0.25, 0.3) is 0 Å². The predicted molar refractivity (Wildman–Crippen MR) is 111 cm³/mol. The summed E-state index contributed by atoms with van der Waals surface area (Å²) < 4.78 is 16.4. The first-order valence-electron chi connectivity index (χ1n) is 9.42. The summed E-state index contributed by atoms with van der Waals surface area (Å²) in [5, 5.41) is 5.98. The molecule has 0 fully saturated rings. The van der Waals surface area contributed by atoms with Gasteiger partial charge in [-0.15, -0.1) is 0 Å². The molecule has 7 nitrogen and oxygen atoms in total. The molecule has 3 aromatic rings. The maximum absolute atomic E-state index is 12.8. The number of carbonyl (C=O) groups is 2. The Balaban J connectivity index is 1.47. The summed E-state index contributed by atoms with van der Waals surface area (Å²) in [6, 6.07) is 13.4. The minimum Gasteiger partial charge on any atom is -0.489 e. The van der Waals surface area contributed by atoms with E-state index >= 15 is 0 Å². The van der Waals surface area contributed by atoms with Crippen molar-refractivity contribution < 1.29 is 23.5 Å². The monoisotopic (exact) mass is 426 g/mol. The Morgan fingerprint density at radius 2 is 1.83 bits per heavy atom. The second-order valence-electron chi connectivity index (χ2n) is 6.62. The number of nitrogens with one attached hydrogen (secondary N) is 2. The maximum Gasteiger partial charge on any atom is 0.291 e. The van der Waals surface area contributed by atoms with Gasteiger partial charge in [-0.3, -0.25) is 9.59 Å². The van der Waals surface area contributed by atoms with Gasteiger partial charge in [-0.05, 0) is 42.0 Å². The highest BCUT2D eigenvalue weighted by Crippen LogP contribution is 2.38. The van der Waals surface area contributed by atoms with Gasteiger partial charge in [-0.25, -0.2) is 0 Å². The highest BCUT2D eigenvalue weighted by Gasteiger charge is 2.18. The number of fused-ring (bicyclic) bond motifs is 1. The van der Waals surface area contributed by atoms with Gasteiger partial charge in [0.05, 0.1) is 35.8 Å². The van der Waals surface area contributed by atoms with Crippen molar-refractivity contribution >= 4 is 29.1 Å². The molecule has 2 N–H and O–H groups in total. The van der Waals surface area contributed by atoms with Crippen LogP contribution in [0.5, 0.6) is 11.5 Å². The van der Waals surface area contributed by atoms with E-state index in [0.29, 0.717) is 41.0 Å². The summed E-state index contributed by atoms with van der Waals surface area (Å²) in [7, 11) is 0. The molecule has 2 amide bonds. The Morgan fingerprint density at radius 3 is 2.67 bits per heavy atom. The Kier molecular flexibility index (Phi) is 5.90. The molecule has 0 saturated carbocycles. The van der Waals surface area contributed by atoms with Crippen molar-refractivity contribution in [2.45, 2.75) is 13.0 Å². The molecule has 4 rings (SSSR count). The van der Waals surface area contributed by atoms with Gasteiger partial charge in [0, 0.05) is 13.0 Å². The fourth-order valence-electron chi connectivity index (χ4n) is 3.05. The molecular formula is C22H19ClN2O5. The lowest BCUT2D eigenvalue weighted by Gasteiger charge is -2.13. The highest BCUT2D eigenvalue weighted by atomic mass is 35.5. The molecule has 30 heavy (non-hydrogen) atoms. The maximum atomic E-state index is 12.8. The SMILES string of the molecule is O=C(Nc1ccccc1C(=O)NCc1cc(Cl)c2c(c1)OCCCO2)c1ccco1. The fourth-order valence-corrected chi connectivity index (χ4v) is 3.33. The quantitative estimate of drug-likeness (QED) is 0.635. The summed E-state index contributed by atoms with van der Waals surface area (Å²) in [6.45, 7) is 1.32. The average molecular weight is 427 g/mol. The molecule has 154 valence electrons. The number of furan rings is 1. The van der Waals surface area contributed by atoms with Gasteiger partial charge in [0.1, 0.15) is 0 Å². The number of rotatable bonds is 5. The zero-order chi connectivity index (χ0) is 20.9. The molecular weight excluding hydrogens is 408 g/mol. The molecule has 1 aromatic heterocycles. The highest BCUT2D eigenvalue weighted by molar-refractivity contribution is 6.32. The van der Waals surface area contributed by atoms with Gasteiger partial charge < -0.3 is 24.5 Å². The minimum absolute atomic E-state index is 0.159. The van der Waals surface area contributed by atoms with Crippen LogP contribution in [0.1, 0.15) is 32.9 Å². The summed E-state index contributed by atoms with van der Waals surface area (Å²) in [5.74, 6) is 0.473. The minimum atomic E-state index is -0.435. The van der Waals surface area contributed by atoms with E-state index in [1.54, 1.807) is 48.5 Å².